The van der Waals surface area contributed by atoms with Crippen molar-refractivity contribution in [3.05, 3.63) is 107 Å². The summed E-state index contributed by atoms with van der Waals surface area (Å²) >= 11 is 6.02. The van der Waals surface area contributed by atoms with E-state index in [0.717, 1.165) is 43.9 Å². The molecular formula is C26H25ClN4O. The zero-order valence-corrected chi connectivity index (χ0v) is 18.5. The molecule has 0 N–H and O–H groups in total. The first kappa shape index (κ1) is 20.9. The van der Waals surface area contributed by atoms with E-state index in [9.17, 15) is 0 Å². The Morgan fingerprint density at radius 2 is 1.44 bits per heavy atom. The lowest BCUT2D eigenvalue weighted by Crippen LogP contribution is -2.47. The van der Waals surface area contributed by atoms with E-state index >= 15 is 0 Å². The lowest BCUT2D eigenvalue weighted by Gasteiger charge is -2.38. The van der Waals surface area contributed by atoms with Crippen LogP contribution in [0, 0.1) is 0 Å². The molecule has 1 aliphatic rings. The van der Waals surface area contributed by atoms with E-state index in [2.05, 4.69) is 74.6 Å². The highest BCUT2D eigenvalue weighted by Crippen LogP contribution is 2.31. The van der Waals surface area contributed by atoms with Crippen LogP contribution >= 0.6 is 11.6 Å². The first-order chi connectivity index (χ1) is 15.8. The van der Waals surface area contributed by atoms with E-state index < -0.39 is 0 Å². The molecule has 0 saturated carbocycles. The van der Waals surface area contributed by atoms with Crippen LogP contribution in [0.3, 0.4) is 0 Å². The summed E-state index contributed by atoms with van der Waals surface area (Å²) in [6.07, 6.45) is 0. The number of halogens is 1. The van der Waals surface area contributed by atoms with E-state index in [1.165, 1.54) is 5.56 Å². The Morgan fingerprint density at radius 3 is 2.12 bits per heavy atom. The van der Waals surface area contributed by atoms with E-state index in [-0.39, 0.29) is 6.04 Å². The quantitative estimate of drug-likeness (QED) is 0.404. The highest BCUT2D eigenvalue weighted by atomic mass is 35.5. The summed E-state index contributed by atoms with van der Waals surface area (Å²) in [4.78, 5) is 4.94. The predicted octanol–water partition coefficient (Wildman–Crippen LogP) is 5.30. The van der Waals surface area contributed by atoms with Gasteiger partial charge in [0, 0.05) is 43.3 Å². The van der Waals surface area contributed by atoms with E-state index in [0.29, 0.717) is 16.8 Å². The molecule has 0 radical (unpaired) electrons. The zero-order valence-electron chi connectivity index (χ0n) is 17.8. The molecule has 2 heterocycles. The summed E-state index contributed by atoms with van der Waals surface area (Å²) < 4.78 is 6.18. The molecule has 4 aromatic rings. The Morgan fingerprint density at radius 1 is 0.781 bits per heavy atom. The van der Waals surface area contributed by atoms with E-state index in [1.54, 1.807) is 0 Å². The smallest absolute Gasteiger partial charge is 0.247 e. The lowest BCUT2D eigenvalue weighted by molar-refractivity contribution is 0.0952. The van der Waals surface area contributed by atoms with Crippen molar-refractivity contribution in [3.8, 4) is 11.5 Å². The van der Waals surface area contributed by atoms with Gasteiger partial charge < -0.3 is 4.42 Å². The van der Waals surface area contributed by atoms with Gasteiger partial charge in [0.1, 0.15) is 6.04 Å². The number of hydrogen-bond donors (Lipinski definition) is 0. The molecule has 0 spiro atoms. The van der Waals surface area contributed by atoms with Crippen molar-refractivity contribution in [2.45, 2.75) is 12.6 Å². The Kier molecular flexibility index (Phi) is 6.30. The summed E-state index contributed by atoms with van der Waals surface area (Å²) in [5.74, 6) is 1.14. The van der Waals surface area contributed by atoms with Crippen molar-refractivity contribution in [1.29, 1.82) is 0 Å². The first-order valence-corrected chi connectivity index (χ1v) is 11.3. The van der Waals surface area contributed by atoms with Gasteiger partial charge in [-0.2, -0.15) is 0 Å². The third-order valence-electron chi connectivity index (χ3n) is 5.90. The number of piperazine rings is 1. The molecule has 1 fully saturated rings. The van der Waals surface area contributed by atoms with Gasteiger partial charge in [-0.05, 0) is 35.4 Å². The molecule has 162 valence electrons. The maximum absolute atomic E-state index is 6.18. The SMILES string of the molecule is Clc1ccc(-c2nnc(C(c3ccccc3)N3CCN(Cc4ccccc4)CC3)o2)cc1. The van der Waals surface area contributed by atoms with Crippen LogP contribution in [-0.2, 0) is 6.54 Å². The molecule has 3 aromatic carbocycles. The van der Waals surface area contributed by atoms with Crippen molar-refractivity contribution in [1.82, 2.24) is 20.0 Å². The second kappa shape index (κ2) is 9.65. The van der Waals surface area contributed by atoms with Crippen LogP contribution in [0.4, 0.5) is 0 Å². The number of rotatable bonds is 6. The minimum atomic E-state index is -0.0661. The van der Waals surface area contributed by atoms with E-state index in [4.69, 9.17) is 16.0 Å². The second-order valence-corrected chi connectivity index (χ2v) is 8.50. The fourth-order valence-electron chi connectivity index (χ4n) is 4.22. The Labute approximate surface area is 193 Å². The van der Waals surface area contributed by atoms with Crippen molar-refractivity contribution < 1.29 is 4.42 Å². The van der Waals surface area contributed by atoms with Gasteiger partial charge >= 0.3 is 0 Å². The molecule has 6 heteroatoms. The summed E-state index contributed by atoms with van der Waals surface area (Å²) in [7, 11) is 0. The summed E-state index contributed by atoms with van der Waals surface area (Å²) in [5.41, 5.74) is 3.38. The maximum Gasteiger partial charge on any atom is 0.247 e. The lowest BCUT2D eigenvalue weighted by atomic mass is 10.0. The molecule has 1 saturated heterocycles. The third kappa shape index (κ3) is 4.75. The summed E-state index contributed by atoms with van der Waals surface area (Å²) in [6, 6.07) is 28.5. The molecule has 1 aliphatic heterocycles. The fraction of sp³-hybridized carbons (Fsp3) is 0.231. The third-order valence-corrected chi connectivity index (χ3v) is 6.15. The standard InChI is InChI=1S/C26H25ClN4O/c27-23-13-11-22(12-14-23)25-28-29-26(32-25)24(21-9-5-2-6-10-21)31-17-15-30(16-18-31)19-20-7-3-1-4-8-20/h1-14,24H,15-19H2. The highest BCUT2D eigenvalue weighted by Gasteiger charge is 2.30. The van der Waals surface area contributed by atoms with Crippen molar-refractivity contribution >= 4 is 11.6 Å². The Balaban J connectivity index is 1.35. The Hall–Kier alpha value is -2.99. The van der Waals surface area contributed by atoms with Gasteiger partial charge in [0.05, 0.1) is 0 Å². The second-order valence-electron chi connectivity index (χ2n) is 8.06. The molecule has 32 heavy (non-hydrogen) atoms. The first-order valence-electron chi connectivity index (χ1n) is 10.9. The number of hydrogen-bond acceptors (Lipinski definition) is 5. The topological polar surface area (TPSA) is 45.4 Å². The normalized spacial score (nSPS) is 16.2. The Bertz CT molecular complexity index is 1120. The maximum atomic E-state index is 6.18. The molecular weight excluding hydrogens is 420 g/mol. The van der Waals surface area contributed by atoms with Crippen LogP contribution in [-0.4, -0.2) is 46.2 Å². The molecule has 0 bridgehead atoms. The highest BCUT2D eigenvalue weighted by molar-refractivity contribution is 6.30. The van der Waals surface area contributed by atoms with Gasteiger partial charge in [0.15, 0.2) is 0 Å². The van der Waals surface area contributed by atoms with Crippen molar-refractivity contribution in [2.24, 2.45) is 0 Å². The van der Waals surface area contributed by atoms with Crippen LogP contribution in [0.15, 0.2) is 89.3 Å². The molecule has 1 atom stereocenters. The largest absolute Gasteiger partial charge is 0.419 e. The average Bonchev–Trinajstić information content (AvgIpc) is 3.32. The van der Waals surface area contributed by atoms with Crippen molar-refractivity contribution in [3.63, 3.8) is 0 Å². The van der Waals surface area contributed by atoms with Crippen LogP contribution in [0.5, 0.6) is 0 Å². The minimum Gasteiger partial charge on any atom is -0.419 e. The summed E-state index contributed by atoms with van der Waals surface area (Å²) in [5, 5.41) is 9.46. The zero-order chi connectivity index (χ0) is 21.8. The van der Waals surface area contributed by atoms with Crippen molar-refractivity contribution in [2.75, 3.05) is 26.2 Å². The fourth-order valence-corrected chi connectivity index (χ4v) is 4.35. The molecule has 5 nitrogen and oxygen atoms in total. The van der Waals surface area contributed by atoms with Gasteiger partial charge in [-0.3, -0.25) is 9.80 Å². The van der Waals surface area contributed by atoms with Gasteiger partial charge in [0.2, 0.25) is 11.8 Å². The van der Waals surface area contributed by atoms with Gasteiger partial charge in [0.25, 0.3) is 0 Å². The number of aromatic nitrogens is 2. The van der Waals surface area contributed by atoms with E-state index in [1.807, 2.05) is 30.3 Å². The van der Waals surface area contributed by atoms with Gasteiger partial charge in [-0.1, -0.05) is 72.3 Å². The van der Waals surface area contributed by atoms with Gasteiger partial charge in [-0.15, -0.1) is 10.2 Å². The molecule has 1 unspecified atom stereocenters. The molecule has 5 rings (SSSR count). The predicted molar refractivity (Wildman–Crippen MR) is 126 cm³/mol. The minimum absolute atomic E-state index is 0.0661. The monoisotopic (exact) mass is 444 g/mol. The van der Waals surface area contributed by atoms with Crippen LogP contribution < -0.4 is 0 Å². The van der Waals surface area contributed by atoms with Crippen LogP contribution in [0.1, 0.15) is 23.1 Å². The van der Waals surface area contributed by atoms with Crippen LogP contribution in [0.25, 0.3) is 11.5 Å². The molecule has 1 aromatic heterocycles. The van der Waals surface area contributed by atoms with Crippen LogP contribution in [0.2, 0.25) is 5.02 Å². The number of nitrogens with zero attached hydrogens (tertiary/aromatic N) is 4. The number of benzene rings is 3. The van der Waals surface area contributed by atoms with Gasteiger partial charge in [-0.25, -0.2) is 0 Å². The average molecular weight is 445 g/mol. The molecule has 0 aliphatic carbocycles. The summed E-state index contributed by atoms with van der Waals surface area (Å²) in [6.45, 7) is 4.84. The molecule has 0 amide bonds.